The Balaban J connectivity index is 1.81. The molecule has 1 saturated carbocycles. The lowest BCUT2D eigenvalue weighted by Crippen LogP contribution is -2.50. The molecular weight excluding hydrogens is 364 g/mol. The van der Waals surface area contributed by atoms with Gasteiger partial charge in [0.1, 0.15) is 21.2 Å². The molecule has 2 aromatic rings. The number of aromatic nitrogens is 2. The van der Waals surface area contributed by atoms with E-state index in [9.17, 15) is 10.1 Å². The minimum atomic E-state index is -0.698. The molecule has 1 aliphatic rings. The number of carbonyl (C=O) groups is 1. The maximum atomic E-state index is 12.8. The van der Waals surface area contributed by atoms with Crippen LogP contribution in [0.3, 0.4) is 0 Å². The van der Waals surface area contributed by atoms with Crippen LogP contribution in [0.4, 0.5) is 0 Å². The number of nitriles is 1. The molecule has 138 valence electrons. The zero-order valence-electron chi connectivity index (χ0n) is 15.7. The molecule has 2 aromatic heterocycles. The second-order valence-electron chi connectivity index (χ2n) is 7.04. The largest absolute Gasteiger partial charge is 0.337 e. The third-order valence-electron chi connectivity index (χ3n) is 5.05. The fourth-order valence-electron chi connectivity index (χ4n) is 3.38. The van der Waals surface area contributed by atoms with Crippen molar-refractivity contribution in [3.63, 3.8) is 0 Å². The Bertz CT molecular complexity index is 878. The van der Waals surface area contributed by atoms with Gasteiger partial charge in [-0.15, -0.1) is 11.3 Å². The smallest absolute Gasteiger partial charge is 0.234 e. The summed E-state index contributed by atoms with van der Waals surface area (Å²) < 4.78 is 0. The Kier molecular flexibility index (Phi) is 5.54. The van der Waals surface area contributed by atoms with E-state index in [0.717, 1.165) is 53.2 Å². The average molecular weight is 389 g/mol. The number of fused-ring (bicyclic) bond motifs is 1. The van der Waals surface area contributed by atoms with Crippen LogP contribution in [-0.2, 0) is 4.79 Å². The maximum Gasteiger partial charge on any atom is 0.234 e. The van der Waals surface area contributed by atoms with Crippen molar-refractivity contribution < 1.29 is 4.79 Å². The summed E-state index contributed by atoms with van der Waals surface area (Å²) in [7, 11) is 0. The van der Waals surface area contributed by atoms with Crippen LogP contribution in [0.15, 0.2) is 5.03 Å². The molecule has 1 unspecified atom stereocenters. The molecular formula is C19H24N4OS2. The first-order valence-electron chi connectivity index (χ1n) is 8.99. The highest BCUT2D eigenvalue weighted by atomic mass is 32.2. The first kappa shape index (κ1) is 19.1. The SMILES string of the molecule is Cc1nc(SC(C)C(=O)NC2(C#N)CCCCC2)c2c(C)c(C)sc2n1. The van der Waals surface area contributed by atoms with Gasteiger partial charge in [0, 0.05) is 10.3 Å². The minimum absolute atomic E-state index is 0.0903. The van der Waals surface area contributed by atoms with Crippen LogP contribution < -0.4 is 5.32 Å². The normalized spacial score (nSPS) is 17.7. The lowest BCUT2D eigenvalue weighted by Gasteiger charge is -2.32. The molecule has 0 radical (unpaired) electrons. The number of amides is 1. The van der Waals surface area contributed by atoms with Gasteiger partial charge in [0.15, 0.2) is 0 Å². The van der Waals surface area contributed by atoms with Gasteiger partial charge < -0.3 is 5.32 Å². The quantitative estimate of drug-likeness (QED) is 0.619. The number of nitrogens with one attached hydrogen (secondary N) is 1. The fourth-order valence-corrected chi connectivity index (χ4v) is 5.57. The molecule has 1 N–H and O–H groups in total. The Morgan fingerprint density at radius 1 is 1.27 bits per heavy atom. The molecule has 0 aliphatic heterocycles. The Morgan fingerprint density at radius 3 is 2.62 bits per heavy atom. The van der Waals surface area contributed by atoms with Crippen molar-refractivity contribution in [1.29, 1.82) is 5.26 Å². The van der Waals surface area contributed by atoms with E-state index in [1.54, 1.807) is 11.3 Å². The average Bonchev–Trinajstić information content (AvgIpc) is 2.89. The van der Waals surface area contributed by atoms with E-state index >= 15 is 0 Å². The summed E-state index contributed by atoms with van der Waals surface area (Å²) in [4.78, 5) is 24.1. The van der Waals surface area contributed by atoms with E-state index in [2.05, 4.69) is 35.2 Å². The van der Waals surface area contributed by atoms with Gasteiger partial charge in [-0.3, -0.25) is 4.79 Å². The predicted octanol–water partition coefficient (Wildman–Crippen LogP) is 4.44. The number of thiophene rings is 1. The summed E-state index contributed by atoms with van der Waals surface area (Å²) in [6.07, 6.45) is 4.61. The monoisotopic (exact) mass is 388 g/mol. The molecule has 0 spiro atoms. The number of hydrogen-bond acceptors (Lipinski definition) is 6. The summed E-state index contributed by atoms with van der Waals surface area (Å²) in [6, 6.07) is 2.35. The van der Waals surface area contributed by atoms with E-state index in [4.69, 9.17) is 0 Å². The van der Waals surface area contributed by atoms with Crippen LogP contribution in [0.5, 0.6) is 0 Å². The molecule has 0 saturated heterocycles. The van der Waals surface area contributed by atoms with Crippen molar-refractivity contribution in [1.82, 2.24) is 15.3 Å². The zero-order chi connectivity index (χ0) is 18.9. The number of carbonyl (C=O) groups excluding carboxylic acids is 1. The number of rotatable bonds is 4. The molecule has 5 nitrogen and oxygen atoms in total. The lowest BCUT2D eigenvalue weighted by molar-refractivity contribution is -0.121. The molecule has 2 heterocycles. The van der Waals surface area contributed by atoms with Crippen LogP contribution in [0.25, 0.3) is 10.2 Å². The number of hydrogen-bond donors (Lipinski definition) is 1. The first-order valence-corrected chi connectivity index (χ1v) is 10.7. The Morgan fingerprint density at radius 2 is 1.96 bits per heavy atom. The van der Waals surface area contributed by atoms with Crippen LogP contribution >= 0.6 is 23.1 Å². The van der Waals surface area contributed by atoms with Gasteiger partial charge in [0.2, 0.25) is 5.91 Å². The second kappa shape index (κ2) is 7.53. The summed E-state index contributed by atoms with van der Waals surface area (Å²) in [5, 5.41) is 14.2. The Labute approximate surface area is 162 Å². The van der Waals surface area contributed by atoms with Gasteiger partial charge in [-0.1, -0.05) is 31.0 Å². The van der Waals surface area contributed by atoms with E-state index in [1.165, 1.54) is 22.2 Å². The maximum absolute atomic E-state index is 12.8. The topological polar surface area (TPSA) is 78.7 Å². The molecule has 1 fully saturated rings. The van der Waals surface area contributed by atoms with Gasteiger partial charge in [0.25, 0.3) is 0 Å². The molecule has 1 aliphatic carbocycles. The lowest BCUT2D eigenvalue weighted by atomic mass is 9.83. The molecule has 7 heteroatoms. The summed E-state index contributed by atoms with van der Waals surface area (Å²) in [5.41, 5.74) is 0.483. The third-order valence-corrected chi connectivity index (χ3v) is 7.24. The number of aryl methyl sites for hydroxylation is 3. The van der Waals surface area contributed by atoms with Crippen molar-refractivity contribution in [2.75, 3.05) is 0 Å². The van der Waals surface area contributed by atoms with Gasteiger partial charge >= 0.3 is 0 Å². The van der Waals surface area contributed by atoms with Crippen LogP contribution in [-0.4, -0.2) is 26.7 Å². The van der Waals surface area contributed by atoms with Crippen LogP contribution in [0.2, 0.25) is 0 Å². The van der Waals surface area contributed by atoms with Crippen LogP contribution in [0.1, 0.15) is 55.3 Å². The zero-order valence-corrected chi connectivity index (χ0v) is 17.3. The first-order chi connectivity index (χ1) is 12.3. The van der Waals surface area contributed by atoms with E-state index in [-0.39, 0.29) is 11.2 Å². The van der Waals surface area contributed by atoms with Crippen molar-refractivity contribution in [2.24, 2.45) is 0 Å². The molecule has 3 rings (SSSR count). The number of nitrogens with zero attached hydrogens (tertiary/aromatic N) is 3. The highest BCUT2D eigenvalue weighted by Crippen LogP contribution is 2.37. The van der Waals surface area contributed by atoms with Crippen LogP contribution in [0, 0.1) is 32.1 Å². The molecule has 26 heavy (non-hydrogen) atoms. The minimum Gasteiger partial charge on any atom is -0.337 e. The van der Waals surface area contributed by atoms with Crippen molar-refractivity contribution in [3.05, 3.63) is 16.3 Å². The highest BCUT2D eigenvalue weighted by molar-refractivity contribution is 8.00. The fraction of sp³-hybridized carbons (Fsp3) is 0.579. The molecule has 0 bridgehead atoms. The van der Waals surface area contributed by atoms with Gasteiger partial charge in [-0.05, 0) is 46.1 Å². The van der Waals surface area contributed by atoms with Gasteiger partial charge in [-0.2, -0.15) is 5.26 Å². The van der Waals surface area contributed by atoms with Crippen molar-refractivity contribution in [2.45, 2.75) is 75.6 Å². The van der Waals surface area contributed by atoms with E-state index < -0.39 is 5.54 Å². The van der Waals surface area contributed by atoms with E-state index in [1.807, 2.05) is 13.8 Å². The molecule has 0 aromatic carbocycles. The molecule has 1 amide bonds. The summed E-state index contributed by atoms with van der Waals surface area (Å²) in [5.74, 6) is 0.627. The van der Waals surface area contributed by atoms with Crippen molar-refractivity contribution in [3.8, 4) is 6.07 Å². The van der Waals surface area contributed by atoms with E-state index in [0.29, 0.717) is 0 Å². The third kappa shape index (κ3) is 3.72. The highest BCUT2D eigenvalue weighted by Gasteiger charge is 2.35. The van der Waals surface area contributed by atoms with Gasteiger partial charge in [-0.25, -0.2) is 9.97 Å². The molecule has 1 atom stereocenters. The Hall–Kier alpha value is -1.65. The van der Waals surface area contributed by atoms with Crippen molar-refractivity contribution >= 4 is 39.2 Å². The summed E-state index contributed by atoms with van der Waals surface area (Å²) >= 11 is 3.12. The second-order valence-corrected chi connectivity index (χ2v) is 9.58. The van der Waals surface area contributed by atoms with Gasteiger partial charge in [0.05, 0.1) is 11.3 Å². The predicted molar refractivity (Wildman–Crippen MR) is 107 cm³/mol. The number of thioether (sulfide) groups is 1. The standard InChI is InChI=1S/C19H24N4OS2/c1-11-12(2)25-17-15(11)18(22-14(4)21-17)26-13(3)16(24)23-19(10-20)8-6-5-7-9-19/h13H,5-9H2,1-4H3,(H,23,24). The summed E-state index contributed by atoms with van der Waals surface area (Å²) in [6.45, 7) is 7.92.